The first-order valence-electron chi connectivity index (χ1n) is 15.2. The van der Waals surface area contributed by atoms with Gasteiger partial charge in [-0.25, -0.2) is 8.42 Å². The molecule has 6 unspecified atom stereocenters. The molecule has 1 amide bonds. The summed E-state index contributed by atoms with van der Waals surface area (Å²) in [5.41, 5.74) is 1.05. The molecular weight excluding hydrogens is 588 g/mol. The van der Waals surface area contributed by atoms with E-state index in [-0.39, 0.29) is 16.3 Å². The van der Waals surface area contributed by atoms with Crippen molar-refractivity contribution in [1.82, 2.24) is 0 Å². The summed E-state index contributed by atoms with van der Waals surface area (Å²) in [7, 11) is -0.112. The number of carbonyl (C=O) groups is 1. The minimum Gasteiger partial charge on any atom is -0.394 e. The van der Waals surface area contributed by atoms with Crippen LogP contribution in [0.15, 0.2) is 47.4 Å². The molecule has 2 aromatic carbocycles. The highest BCUT2D eigenvalue weighted by Gasteiger charge is 2.49. The van der Waals surface area contributed by atoms with Gasteiger partial charge in [-0.3, -0.25) is 4.79 Å². The summed E-state index contributed by atoms with van der Waals surface area (Å²) in [5.74, 6) is -2.03. The van der Waals surface area contributed by atoms with Crippen molar-refractivity contribution in [1.29, 1.82) is 0 Å². The predicted octanol–water partition coefficient (Wildman–Crippen LogP) is 1.77. The molecule has 0 saturated carbocycles. The molecule has 44 heavy (non-hydrogen) atoms. The number of amides is 1. The van der Waals surface area contributed by atoms with Crippen LogP contribution in [0.25, 0.3) is 0 Å². The Kier molecular flexibility index (Phi) is 12.3. The van der Waals surface area contributed by atoms with E-state index in [9.17, 15) is 38.7 Å². The molecule has 246 valence electrons. The van der Waals surface area contributed by atoms with Gasteiger partial charge in [0.05, 0.1) is 23.4 Å². The number of aliphatic hydroxyl groups is 6. The molecule has 6 atom stereocenters. The Bertz CT molecular complexity index is 1360. The summed E-state index contributed by atoms with van der Waals surface area (Å²) in [5, 5.41) is 63.9. The van der Waals surface area contributed by atoms with E-state index in [2.05, 4.69) is 5.32 Å². The fourth-order valence-electron chi connectivity index (χ4n) is 6.09. The van der Waals surface area contributed by atoms with Crippen molar-refractivity contribution >= 4 is 27.1 Å². The largest absolute Gasteiger partial charge is 0.394 e. The van der Waals surface area contributed by atoms with E-state index in [0.717, 1.165) is 31.4 Å². The third kappa shape index (κ3) is 7.79. The number of aliphatic hydroxyl groups excluding tert-OH is 6. The minimum absolute atomic E-state index is 0.159. The number of nitrogens with one attached hydrogen (secondary N) is 1. The van der Waals surface area contributed by atoms with E-state index in [1.54, 1.807) is 36.4 Å². The first kappa shape index (κ1) is 35.9. The zero-order valence-electron chi connectivity index (χ0n) is 25.9. The predicted molar refractivity (Wildman–Crippen MR) is 168 cm³/mol. The molecule has 0 bridgehead atoms. The van der Waals surface area contributed by atoms with Gasteiger partial charge in [0.1, 0.15) is 18.3 Å². The maximum atomic E-state index is 14.0. The summed E-state index contributed by atoms with van der Waals surface area (Å²) in [4.78, 5) is 14.8. The average Bonchev–Trinajstić information content (AvgIpc) is 3.07. The molecule has 0 fully saturated rings. The van der Waals surface area contributed by atoms with Crippen LogP contribution in [-0.4, -0.2) is 102 Å². The molecule has 3 rings (SSSR count). The van der Waals surface area contributed by atoms with Gasteiger partial charge in [-0.15, -0.1) is 0 Å². The van der Waals surface area contributed by atoms with Crippen molar-refractivity contribution in [2.24, 2.45) is 5.41 Å². The molecule has 11 nitrogen and oxygen atoms in total. The molecule has 12 heteroatoms. The smallest absolute Gasteiger partial charge is 0.256 e. The highest BCUT2D eigenvalue weighted by Crippen LogP contribution is 2.50. The maximum absolute atomic E-state index is 14.0. The third-order valence-corrected chi connectivity index (χ3v) is 10.7. The van der Waals surface area contributed by atoms with Gasteiger partial charge in [0, 0.05) is 36.8 Å². The van der Waals surface area contributed by atoms with Crippen LogP contribution in [0.2, 0.25) is 0 Å². The Morgan fingerprint density at radius 3 is 2.20 bits per heavy atom. The van der Waals surface area contributed by atoms with Gasteiger partial charge in [0.25, 0.3) is 5.91 Å². The molecule has 2 aromatic rings. The van der Waals surface area contributed by atoms with Crippen LogP contribution in [0.4, 0.5) is 11.4 Å². The zero-order valence-corrected chi connectivity index (χ0v) is 26.7. The number of benzene rings is 2. The number of hydrogen-bond donors (Lipinski definition) is 7. The van der Waals surface area contributed by atoms with Gasteiger partial charge in [-0.05, 0) is 54.3 Å². The molecular formula is C32H48N2O9S. The molecule has 0 spiro atoms. The summed E-state index contributed by atoms with van der Waals surface area (Å²) in [6, 6.07) is 11.7. The second-order valence-corrected chi connectivity index (χ2v) is 14.1. The zero-order chi connectivity index (χ0) is 32.8. The Balaban J connectivity index is 2.14. The van der Waals surface area contributed by atoms with E-state index < -0.39 is 64.2 Å². The summed E-state index contributed by atoms with van der Waals surface area (Å²) >= 11 is 0. The first-order chi connectivity index (χ1) is 20.7. The second-order valence-electron chi connectivity index (χ2n) is 12.2. The van der Waals surface area contributed by atoms with Gasteiger partial charge in [-0.1, -0.05) is 51.7 Å². The van der Waals surface area contributed by atoms with Crippen LogP contribution in [0.3, 0.4) is 0 Å². The number of fused-ring (bicyclic) bond motifs is 1. The molecule has 0 aromatic heterocycles. The molecule has 1 aliphatic heterocycles. The van der Waals surface area contributed by atoms with Crippen molar-refractivity contribution in [3.05, 3.63) is 53.6 Å². The SMILES string of the molecule is CCCCC1(CCCC)CS(=O)(=O)c2ccc(N(C)C)cc2C(c2cccc(NC(=O)C(O)C(O)C(O)C(O)CO)c2)C1O. The lowest BCUT2D eigenvalue weighted by Gasteiger charge is -2.40. The summed E-state index contributed by atoms with van der Waals surface area (Å²) in [6.45, 7) is 3.17. The number of hydrogen-bond acceptors (Lipinski definition) is 10. The summed E-state index contributed by atoms with van der Waals surface area (Å²) in [6.07, 6.45) is -4.83. The molecule has 0 aliphatic carbocycles. The van der Waals surface area contributed by atoms with Gasteiger partial charge in [-0.2, -0.15) is 0 Å². The second kappa shape index (κ2) is 15.1. The van der Waals surface area contributed by atoms with Crippen LogP contribution in [0.5, 0.6) is 0 Å². The number of nitrogens with zero attached hydrogens (tertiary/aromatic N) is 1. The molecule has 0 saturated heterocycles. The topological polar surface area (TPSA) is 188 Å². The Morgan fingerprint density at radius 2 is 1.64 bits per heavy atom. The highest BCUT2D eigenvalue weighted by molar-refractivity contribution is 7.91. The van der Waals surface area contributed by atoms with Gasteiger partial charge in [0.15, 0.2) is 15.9 Å². The van der Waals surface area contributed by atoms with Crippen molar-refractivity contribution in [2.75, 3.05) is 36.7 Å². The number of anilines is 2. The quantitative estimate of drug-likeness (QED) is 0.161. The standard InChI is InChI=1S/C32H48N2O9S/c1-5-7-14-32(15-8-6-2)19-44(42,43)25-13-12-22(34(3)4)17-23(25)26(30(32)40)20-10-9-11-21(16-20)33-31(41)29(39)28(38)27(37)24(36)18-35/h9-13,16-17,24,26-30,35-40H,5-8,14-15,18-19H2,1-4H3,(H,33,41). The number of carbonyl (C=O) groups excluding carboxylic acids is 1. The van der Waals surface area contributed by atoms with Crippen molar-refractivity contribution in [2.45, 2.75) is 93.7 Å². The van der Waals surface area contributed by atoms with Crippen LogP contribution in [0, 0.1) is 5.41 Å². The Labute approximate surface area is 260 Å². The molecule has 1 heterocycles. The van der Waals surface area contributed by atoms with E-state index in [1.807, 2.05) is 32.8 Å². The van der Waals surface area contributed by atoms with Gasteiger partial charge >= 0.3 is 0 Å². The van der Waals surface area contributed by atoms with Gasteiger partial charge < -0.3 is 40.9 Å². The fourth-order valence-corrected chi connectivity index (χ4v) is 8.29. The van der Waals surface area contributed by atoms with Crippen molar-refractivity contribution in [3.63, 3.8) is 0 Å². The average molecular weight is 637 g/mol. The minimum atomic E-state index is -3.80. The highest BCUT2D eigenvalue weighted by atomic mass is 32.2. The normalized spacial score (nSPS) is 21.8. The molecule has 1 aliphatic rings. The Hall–Kier alpha value is -2.58. The Morgan fingerprint density at radius 1 is 1.00 bits per heavy atom. The monoisotopic (exact) mass is 636 g/mol. The van der Waals surface area contributed by atoms with E-state index in [4.69, 9.17) is 5.11 Å². The van der Waals surface area contributed by atoms with Crippen LogP contribution in [-0.2, 0) is 14.6 Å². The third-order valence-electron chi connectivity index (χ3n) is 8.69. The van der Waals surface area contributed by atoms with E-state index in [0.29, 0.717) is 24.0 Å². The first-order valence-corrected chi connectivity index (χ1v) is 16.8. The molecule has 0 radical (unpaired) electrons. The van der Waals surface area contributed by atoms with Gasteiger partial charge in [0.2, 0.25) is 0 Å². The van der Waals surface area contributed by atoms with Crippen LogP contribution < -0.4 is 10.2 Å². The fraction of sp³-hybridized carbons (Fsp3) is 0.594. The molecule has 7 N–H and O–H groups in total. The van der Waals surface area contributed by atoms with Crippen molar-refractivity contribution < 1.29 is 43.9 Å². The lowest BCUT2D eigenvalue weighted by molar-refractivity contribution is -0.144. The number of sulfone groups is 1. The van der Waals surface area contributed by atoms with Crippen LogP contribution in [0.1, 0.15) is 69.4 Å². The number of unbranched alkanes of at least 4 members (excludes halogenated alkanes) is 2. The van der Waals surface area contributed by atoms with E-state index >= 15 is 0 Å². The lowest BCUT2D eigenvalue weighted by atomic mass is 9.68. The number of rotatable bonds is 14. The van der Waals surface area contributed by atoms with E-state index in [1.165, 1.54) is 6.07 Å². The van der Waals surface area contributed by atoms with Crippen LogP contribution >= 0.6 is 0 Å². The summed E-state index contributed by atoms with van der Waals surface area (Å²) < 4.78 is 28.1. The lowest BCUT2D eigenvalue weighted by Crippen LogP contribution is -2.50. The maximum Gasteiger partial charge on any atom is 0.256 e. The van der Waals surface area contributed by atoms with Crippen molar-refractivity contribution in [3.8, 4) is 0 Å².